The molecule has 0 saturated carbocycles. The molecule has 1 heterocycles. The Bertz CT molecular complexity index is 640. The Morgan fingerprint density at radius 2 is 2.12 bits per heavy atom. The molecule has 1 aromatic carbocycles. The zero-order valence-electron chi connectivity index (χ0n) is 15.4. The maximum Gasteiger partial charge on any atom is 0.194 e. The standard InChI is InChI=1S/C18H28N6O/c1-4-17-22-21-15-24(17)12-10-19-18(20-11-13-25-3)23(2)14-16-8-6-5-7-9-16/h5-9,15H,4,10-14H2,1-3H3,(H,19,20). The number of aliphatic imine (C=N–C) groups is 1. The molecule has 0 spiro atoms. The van der Waals surface area contributed by atoms with Gasteiger partial charge in [-0.15, -0.1) is 10.2 Å². The van der Waals surface area contributed by atoms with Crippen LogP contribution < -0.4 is 5.32 Å². The van der Waals surface area contributed by atoms with Gasteiger partial charge in [0.2, 0.25) is 0 Å². The number of nitrogens with zero attached hydrogens (tertiary/aromatic N) is 5. The summed E-state index contributed by atoms with van der Waals surface area (Å²) in [5, 5.41) is 11.5. The molecule has 7 heteroatoms. The van der Waals surface area contributed by atoms with E-state index in [1.54, 1.807) is 13.4 Å². The number of aromatic nitrogens is 3. The topological polar surface area (TPSA) is 67.6 Å². The fourth-order valence-electron chi connectivity index (χ4n) is 2.51. The fraction of sp³-hybridized carbons (Fsp3) is 0.500. The van der Waals surface area contributed by atoms with Crippen molar-refractivity contribution in [3.8, 4) is 0 Å². The first kappa shape index (κ1) is 18.9. The van der Waals surface area contributed by atoms with Gasteiger partial charge in [0.15, 0.2) is 5.96 Å². The number of guanidine groups is 1. The largest absolute Gasteiger partial charge is 0.383 e. The van der Waals surface area contributed by atoms with Crippen molar-refractivity contribution in [3.05, 3.63) is 48.0 Å². The average Bonchev–Trinajstić information content (AvgIpc) is 3.09. The second-order valence-electron chi connectivity index (χ2n) is 5.76. The van der Waals surface area contributed by atoms with Crippen LogP contribution in [0.4, 0.5) is 0 Å². The minimum atomic E-state index is 0.607. The van der Waals surface area contributed by atoms with Gasteiger partial charge in [0.1, 0.15) is 12.2 Å². The summed E-state index contributed by atoms with van der Waals surface area (Å²) in [6.45, 7) is 5.68. The Morgan fingerprint density at radius 3 is 2.84 bits per heavy atom. The molecular weight excluding hydrogens is 316 g/mol. The van der Waals surface area contributed by atoms with Crippen molar-refractivity contribution in [3.63, 3.8) is 0 Å². The second kappa shape index (κ2) is 10.5. The van der Waals surface area contributed by atoms with Gasteiger partial charge in [-0.25, -0.2) is 0 Å². The van der Waals surface area contributed by atoms with Gasteiger partial charge in [-0.1, -0.05) is 37.3 Å². The van der Waals surface area contributed by atoms with Crippen LogP contribution in [-0.4, -0.2) is 59.5 Å². The van der Waals surface area contributed by atoms with E-state index >= 15 is 0 Å². The molecule has 1 N–H and O–H groups in total. The van der Waals surface area contributed by atoms with E-state index in [1.165, 1.54) is 5.56 Å². The number of aryl methyl sites for hydroxylation is 1. The van der Waals surface area contributed by atoms with Crippen molar-refractivity contribution in [2.75, 3.05) is 33.9 Å². The Balaban J connectivity index is 1.93. The average molecular weight is 344 g/mol. The first-order valence-electron chi connectivity index (χ1n) is 8.63. The molecule has 0 unspecified atom stereocenters. The lowest BCUT2D eigenvalue weighted by Crippen LogP contribution is -2.40. The lowest BCUT2D eigenvalue weighted by molar-refractivity contribution is 0.207. The van der Waals surface area contributed by atoms with Crippen LogP contribution in [0, 0.1) is 0 Å². The Morgan fingerprint density at radius 1 is 1.32 bits per heavy atom. The van der Waals surface area contributed by atoms with Crippen molar-refractivity contribution < 1.29 is 4.74 Å². The molecule has 0 radical (unpaired) electrons. The highest BCUT2D eigenvalue weighted by Gasteiger charge is 2.08. The Kier molecular flexibility index (Phi) is 7.91. The number of hydrogen-bond donors (Lipinski definition) is 1. The minimum absolute atomic E-state index is 0.607. The van der Waals surface area contributed by atoms with Crippen LogP contribution in [0.2, 0.25) is 0 Å². The van der Waals surface area contributed by atoms with Crippen LogP contribution in [0.3, 0.4) is 0 Å². The van der Waals surface area contributed by atoms with Crippen LogP contribution >= 0.6 is 0 Å². The van der Waals surface area contributed by atoms with E-state index in [2.05, 4.69) is 61.2 Å². The molecule has 7 nitrogen and oxygen atoms in total. The molecule has 0 amide bonds. The predicted molar refractivity (Wildman–Crippen MR) is 99.5 cm³/mol. The molecule has 0 bridgehead atoms. The monoisotopic (exact) mass is 344 g/mol. The van der Waals surface area contributed by atoms with Gasteiger partial charge in [0.05, 0.1) is 13.2 Å². The number of rotatable bonds is 9. The van der Waals surface area contributed by atoms with E-state index in [0.717, 1.165) is 37.8 Å². The van der Waals surface area contributed by atoms with Crippen LogP contribution in [0.25, 0.3) is 0 Å². The van der Waals surface area contributed by atoms with E-state index in [1.807, 2.05) is 13.1 Å². The third-order valence-electron chi connectivity index (χ3n) is 3.83. The van der Waals surface area contributed by atoms with E-state index in [-0.39, 0.29) is 0 Å². The Labute approximate surface area is 149 Å². The van der Waals surface area contributed by atoms with Crippen molar-refractivity contribution in [1.29, 1.82) is 0 Å². The molecule has 0 atom stereocenters. The first-order valence-corrected chi connectivity index (χ1v) is 8.63. The van der Waals surface area contributed by atoms with Crippen molar-refractivity contribution in [2.24, 2.45) is 4.99 Å². The number of benzene rings is 1. The minimum Gasteiger partial charge on any atom is -0.383 e. The smallest absolute Gasteiger partial charge is 0.194 e. The summed E-state index contributed by atoms with van der Waals surface area (Å²) in [6.07, 6.45) is 2.65. The van der Waals surface area contributed by atoms with Crippen LogP contribution in [-0.2, 0) is 24.2 Å². The number of hydrogen-bond acceptors (Lipinski definition) is 4. The van der Waals surface area contributed by atoms with Crippen LogP contribution in [0.1, 0.15) is 18.3 Å². The number of methoxy groups -OCH3 is 1. The summed E-state index contributed by atoms with van der Waals surface area (Å²) in [6, 6.07) is 10.4. The summed E-state index contributed by atoms with van der Waals surface area (Å²) >= 11 is 0. The highest BCUT2D eigenvalue weighted by molar-refractivity contribution is 5.79. The molecule has 0 aliphatic carbocycles. The second-order valence-corrected chi connectivity index (χ2v) is 5.76. The van der Waals surface area contributed by atoms with Crippen molar-refractivity contribution >= 4 is 5.96 Å². The lowest BCUT2D eigenvalue weighted by Gasteiger charge is -2.23. The molecule has 1 aromatic heterocycles. The molecule has 0 aliphatic heterocycles. The summed E-state index contributed by atoms with van der Waals surface area (Å²) in [7, 11) is 3.73. The summed E-state index contributed by atoms with van der Waals surface area (Å²) in [5.74, 6) is 1.87. The highest BCUT2D eigenvalue weighted by atomic mass is 16.5. The maximum absolute atomic E-state index is 5.11. The maximum atomic E-state index is 5.11. The lowest BCUT2D eigenvalue weighted by atomic mass is 10.2. The molecule has 25 heavy (non-hydrogen) atoms. The van der Waals surface area contributed by atoms with E-state index in [9.17, 15) is 0 Å². The van der Waals surface area contributed by atoms with Gasteiger partial charge in [-0.3, -0.25) is 4.99 Å². The van der Waals surface area contributed by atoms with Gasteiger partial charge in [0.25, 0.3) is 0 Å². The van der Waals surface area contributed by atoms with E-state index in [4.69, 9.17) is 4.74 Å². The zero-order chi connectivity index (χ0) is 17.9. The molecule has 0 aliphatic rings. The highest BCUT2D eigenvalue weighted by Crippen LogP contribution is 2.03. The molecule has 0 saturated heterocycles. The first-order chi connectivity index (χ1) is 12.2. The van der Waals surface area contributed by atoms with Gasteiger partial charge in [0, 0.05) is 40.2 Å². The predicted octanol–water partition coefficient (Wildman–Crippen LogP) is 1.56. The van der Waals surface area contributed by atoms with Crippen LogP contribution in [0.15, 0.2) is 41.7 Å². The molecule has 0 fully saturated rings. The summed E-state index contributed by atoms with van der Waals surface area (Å²) < 4.78 is 7.18. The molecular formula is C18H28N6O. The van der Waals surface area contributed by atoms with Gasteiger partial charge in [-0.2, -0.15) is 0 Å². The van der Waals surface area contributed by atoms with E-state index in [0.29, 0.717) is 13.2 Å². The number of nitrogens with one attached hydrogen (secondary N) is 1. The number of ether oxygens (including phenoxy) is 1. The summed E-state index contributed by atoms with van der Waals surface area (Å²) in [4.78, 5) is 6.76. The molecule has 2 aromatic rings. The zero-order valence-corrected chi connectivity index (χ0v) is 15.4. The van der Waals surface area contributed by atoms with E-state index < -0.39 is 0 Å². The van der Waals surface area contributed by atoms with Crippen molar-refractivity contribution in [1.82, 2.24) is 25.0 Å². The van der Waals surface area contributed by atoms with Crippen molar-refractivity contribution in [2.45, 2.75) is 26.4 Å². The van der Waals surface area contributed by atoms with Gasteiger partial charge >= 0.3 is 0 Å². The molecule has 2 rings (SSSR count). The normalized spacial score (nSPS) is 11.6. The third-order valence-corrected chi connectivity index (χ3v) is 3.83. The summed E-state index contributed by atoms with van der Waals surface area (Å²) in [5.41, 5.74) is 1.25. The van der Waals surface area contributed by atoms with Gasteiger partial charge < -0.3 is 19.5 Å². The molecule has 136 valence electrons. The quantitative estimate of drug-likeness (QED) is 0.425. The van der Waals surface area contributed by atoms with Gasteiger partial charge in [-0.05, 0) is 5.56 Å². The third kappa shape index (κ3) is 6.19. The fourth-order valence-corrected chi connectivity index (χ4v) is 2.51. The Hall–Kier alpha value is -2.41. The SMILES string of the molecule is CCc1nncn1CCNC(=NCCOC)N(C)Cc1ccccc1. The van der Waals surface area contributed by atoms with Crippen LogP contribution in [0.5, 0.6) is 0 Å².